The summed E-state index contributed by atoms with van der Waals surface area (Å²) in [4.78, 5) is 23.8. The molecule has 2 saturated heterocycles. The Balaban J connectivity index is 2.46. The molecule has 0 spiro atoms. The molecule has 0 radical (unpaired) electrons. The monoisotopic (exact) mass is 247 g/mol. The molecule has 0 aromatic rings. The zero-order valence-electron chi connectivity index (χ0n) is 8.22. The first-order chi connectivity index (χ1) is 7.57. The van der Waals surface area contributed by atoms with Crippen LogP contribution in [-0.2, 0) is 14.3 Å². The number of rotatable bonds is 3. The molecule has 2 rings (SSSR count). The summed E-state index contributed by atoms with van der Waals surface area (Å²) in [6, 6.07) is 0. The van der Waals surface area contributed by atoms with Crippen LogP contribution in [0.4, 0.5) is 0 Å². The van der Waals surface area contributed by atoms with Crippen LogP contribution in [0.1, 0.15) is 6.42 Å². The van der Waals surface area contributed by atoms with Crippen molar-refractivity contribution in [2.45, 2.75) is 18.2 Å². The van der Waals surface area contributed by atoms with E-state index >= 15 is 0 Å². The molecule has 1 amide bonds. The number of hydrogen-bond acceptors (Lipinski definition) is 4. The molecule has 2 aliphatic heterocycles. The standard InChI is InChI=1S/C9H10ClNO5/c10-4-9(8(14)15)5(1-2-12)16-7-3-6(13)11(7)9/h1,7,12H,2-4H2,(H,14,15)/b5-1-/t7-,9-/m1/s1. The van der Waals surface area contributed by atoms with E-state index in [9.17, 15) is 14.7 Å². The predicted octanol–water partition coefficient (Wildman–Crippen LogP) is -0.487. The minimum atomic E-state index is -1.66. The normalized spacial score (nSPS) is 34.6. The van der Waals surface area contributed by atoms with Gasteiger partial charge in [0.2, 0.25) is 11.4 Å². The van der Waals surface area contributed by atoms with Crippen molar-refractivity contribution in [1.29, 1.82) is 0 Å². The van der Waals surface area contributed by atoms with E-state index < -0.39 is 17.7 Å². The number of alkyl halides is 1. The number of hydrogen-bond donors (Lipinski definition) is 2. The van der Waals surface area contributed by atoms with Gasteiger partial charge in [-0.05, 0) is 6.08 Å². The summed E-state index contributed by atoms with van der Waals surface area (Å²) in [6.45, 7) is -0.365. The first-order valence-electron chi connectivity index (χ1n) is 4.67. The minimum Gasteiger partial charge on any atom is -0.479 e. The van der Waals surface area contributed by atoms with E-state index in [1.165, 1.54) is 6.08 Å². The van der Waals surface area contributed by atoms with E-state index in [0.29, 0.717) is 0 Å². The lowest BCUT2D eigenvalue weighted by Crippen LogP contribution is -2.63. The van der Waals surface area contributed by atoms with E-state index in [-0.39, 0.29) is 30.6 Å². The van der Waals surface area contributed by atoms with E-state index in [1.54, 1.807) is 0 Å². The second-order valence-electron chi connectivity index (χ2n) is 3.59. The molecular formula is C9H10ClNO5. The number of ether oxygens (including phenoxy) is 1. The number of aliphatic carboxylic acids is 1. The SMILES string of the molecule is O=C1C[C@H]2O/C(=C\CO)[C@](CCl)(C(=O)O)N12. The molecule has 6 nitrogen and oxygen atoms in total. The van der Waals surface area contributed by atoms with Gasteiger partial charge in [0.25, 0.3) is 0 Å². The fourth-order valence-electron chi connectivity index (χ4n) is 2.00. The van der Waals surface area contributed by atoms with Crippen molar-refractivity contribution in [2.24, 2.45) is 0 Å². The highest BCUT2D eigenvalue weighted by Gasteiger charge is 2.64. The van der Waals surface area contributed by atoms with E-state index in [4.69, 9.17) is 21.4 Å². The molecule has 2 heterocycles. The van der Waals surface area contributed by atoms with Gasteiger partial charge in [-0.25, -0.2) is 4.79 Å². The van der Waals surface area contributed by atoms with E-state index in [1.807, 2.05) is 0 Å². The van der Waals surface area contributed by atoms with Gasteiger partial charge in [-0.2, -0.15) is 0 Å². The summed E-state index contributed by atoms with van der Waals surface area (Å²) in [5.74, 6) is -1.84. The van der Waals surface area contributed by atoms with Gasteiger partial charge in [-0.15, -0.1) is 11.6 Å². The van der Waals surface area contributed by atoms with Crippen LogP contribution in [0.25, 0.3) is 0 Å². The van der Waals surface area contributed by atoms with Gasteiger partial charge in [0, 0.05) is 0 Å². The Morgan fingerprint density at radius 2 is 2.44 bits per heavy atom. The molecule has 0 aromatic carbocycles. The number of carboxylic acids is 1. The molecule has 0 aromatic heterocycles. The molecule has 0 bridgehead atoms. The van der Waals surface area contributed by atoms with E-state index in [2.05, 4.69) is 0 Å². The molecule has 88 valence electrons. The van der Waals surface area contributed by atoms with Gasteiger partial charge in [0.05, 0.1) is 18.9 Å². The lowest BCUT2D eigenvalue weighted by Gasteiger charge is -2.39. The third-order valence-electron chi connectivity index (χ3n) is 2.81. The summed E-state index contributed by atoms with van der Waals surface area (Å²) in [6.07, 6.45) is 0.803. The molecule has 2 fully saturated rings. The Morgan fingerprint density at radius 1 is 1.75 bits per heavy atom. The molecule has 2 atom stereocenters. The number of fused-ring (bicyclic) bond motifs is 1. The summed E-state index contributed by atoms with van der Waals surface area (Å²) in [7, 11) is 0. The summed E-state index contributed by atoms with van der Waals surface area (Å²) >= 11 is 5.67. The maximum Gasteiger partial charge on any atom is 0.339 e. The number of aliphatic hydroxyl groups is 1. The number of carbonyl (C=O) groups excluding carboxylic acids is 1. The highest BCUT2D eigenvalue weighted by molar-refractivity contribution is 6.21. The predicted molar refractivity (Wildman–Crippen MR) is 52.6 cm³/mol. The van der Waals surface area contributed by atoms with Gasteiger partial charge in [-0.3, -0.25) is 9.69 Å². The van der Waals surface area contributed by atoms with Crippen LogP contribution in [0.3, 0.4) is 0 Å². The Kier molecular flexibility index (Phi) is 2.55. The number of aliphatic hydroxyl groups excluding tert-OH is 1. The minimum absolute atomic E-state index is 0.0355. The number of carboxylic acid groups (broad SMARTS) is 1. The fourth-order valence-corrected chi connectivity index (χ4v) is 2.37. The van der Waals surface area contributed by atoms with Crippen LogP contribution in [-0.4, -0.2) is 51.2 Å². The second-order valence-corrected chi connectivity index (χ2v) is 3.86. The third kappa shape index (κ3) is 1.17. The van der Waals surface area contributed by atoms with Crippen LogP contribution in [0, 0.1) is 0 Å². The molecule has 0 aliphatic carbocycles. The van der Waals surface area contributed by atoms with Gasteiger partial charge in [-0.1, -0.05) is 0 Å². The molecule has 2 aliphatic rings. The molecule has 0 saturated carbocycles. The zero-order valence-corrected chi connectivity index (χ0v) is 8.98. The Hall–Kier alpha value is -1.27. The maximum absolute atomic E-state index is 11.4. The topological polar surface area (TPSA) is 87.1 Å². The van der Waals surface area contributed by atoms with Gasteiger partial charge < -0.3 is 14.9 Å². The average molecular weight is 248 g/mol. The lowest BCUT2D eigenvalue weighted by atomic mass is 9.94. The average Bonchev–Trinajstić information content (AvgIpc) is 2.48. The largest absolute Gasteiger partial charge is 0.479 e. The van der Waals surface area contributed by atoms with E-state index in [0.717, 1.165) is 4.90 Å². The maximum atomic E-state index is 11.4. The number of nitrogens with zero attached hydrogens (tertiary/aromatic N) is 1. The van der Waals surface area contributed by atoms with Crippen LogP contribution in [0.15, 0.2) is 11.8 Å². The molecular weight excluding hydrogens is 238 g/mol. The molecule has 16 heavy (non-hydrogen) atoms. The third-order valence-corrected chi connectivity index (χ3v) is 3.20. The number of halogens is 1. The van der Waals surface area contributed by atoms with Crippen molar-refractivity contribution in [1.82, 2.24) is 4.90 Å². The summed E-state index contributed by atoms with van der Waals surface area (Å²) in [5.41, 5.74) is -1.66. The summed E-state index contributed by atoms with van der Waals surface area (Å²) < 4.78 is 5.28. The molecule has 2 N–H and O–H groups in total. The van der Waals surface area contributed by atoms with Crippen molar-refractivity contribution in [3.05, 3.63) is 11.8 Å². The first-order valence-corrected chi connectivity index (χ1v) is 5.21. The number of carbonyl (C=O) groups is 2. The first kappa shape index (κ1) is 11.2. The fraction of sp³-hybridized carbons (Fsp3) is 0.556. The Bertz CT molecular complexity index is 382. The molecule has 7 heteroatoms. The van der Waals surface area contributed by atoms with Crippen molar-refractivity contribution >= 4 is 23.5 Å². The van der Waals surface area contributed by atoms with Crippen LogP contribution in [0.2, 0.25) is 0 Å². The van der Waals surface area contributed by atoms with Crippen LogP contribution < -0.4 is 0 Å². The zero-order chi connectivity index (χ0) is 11.9. The number of amides is 1. The van der Waals surface area contributed by atoms with Crippen molar-refractivity contribution in [2.75, 3.05) is 12.5 Å². The van der Waals surface area contributed by atoms with Crippen LogP contribution >= 0.6 is 11.6 Å². The quantitative estimate of drug-likeness (QED) is 0.519. The van der Waals surface area contributed by atoms with Gasteiger partial charge in [0.1, 0.15) is 5.76 Å². The van der Waals surface area contributed by atoms with Gasteiger partial charge in [0.15, 0.2) is 6.23 Å². The highest BCUT2D eigenvalue weighted by Crippen LogP contribution is 2.44. The lowest BCUT2D eigenvalue weighted by molar-refractivity contribution is -0.169. The second kappa shape index (κ2) is 3.64. The van der Waals surface area contributed by atoms with Crippen molar-refractivity contribution < 1.29 is 24.5 Å². The smallest absolute Gasteiger partial charge is 0.339 e. The number of β-lactam (4-membered cyclic amide) rings is 1. The van der Waals surface area contributed by atoms with Crippen molar-refractivity contribution in [3.63, 3.8) is 0 Å². The summed E-state index contributed by atoms with van der Waals surface area (Å²) in [5, 5.41) is 18.0. The Morgan fingerprint density at radius 3 is 2.88 bits per heavy atom. The Labute approximate surface area is 96.0 Å². The van der Waals surface area contributed by atoms with Crippen molar-refractivity contribution in [3.8, 4) is 0 Å². The molecule has 0 unspecified atom stereocenters. The van der Waals surface area contributed by atoms with Crippen LogP contribution in [0.5, 0.6) is 0 Å². The van der Waals surface area contributed by atoms with Gasteiger partial charge >= 0.3 is 5.97 Å². The highest BCUT2D eigenvalue weighted by atomic mass is 35.5.